The van der Waals surface area contributed by atoms with Crippen LogP contribution in [0, 0.1) is 5.92 Å². The van der Waals surface area contributed by atoms with E-state index in [2.05, 4.69) is 48.7 Å². The first-order valence-corrected chi connectivity index (χ1v) is 11.5. The molecule has 0 unspecified atom stereocenters. The lowest BCUT2D eigenvalue weighted by molar-refractivity contribution is 0.294. The van der Waals surface area contributed by atoms with Gasteiger partial charge in [-0.2, -0.15) is 0 Å². The molecule has 2 heterocycles. The second-order valence-corrected chi connectivity index (χ2v) is 8.96. The van der Waals surface area contributed by atoms with Gasteiger partial charge in [-0.05, 0) is 35.7 Å². The van der Waals surface area contributed by atoms with Crippen LogP contribution in [0.3, 0.4) is 0 Å². The van der Waals surface area contributed by atoms with Gasteiger partial charge in [0.15, 0.2) is 0 Å². The fraction of sp³-hybridized carbons (Fsp3) is 0.348. The molecule has 1 saturated heterocycles. The minimum absolute atomic E-state index is 0.440. The molecule has 4 rings (SSSR count). The smallest absolute Gasteiger partial charge is 0.123 e. The first-order chi connectivity index (χ1) is 15.2. The lowest BCUT2D eigenvalue weighted by atomic mass is 10.0. The van der Waals surface area contributed by atoms with E-state index < -0.39 is 0 Å². The number of aromatic amines is 1. The highest BCUT2D eigenvalue weighted by molar-refractivity contribution is 9.10. The van der Waals surface area contributed by atoms with Crippen LogP contribution in [0.1, 0.15) is 16.8 Å². The second kappa shape index (κ2) is 11.0. The Morgan fingerprint density at radius 1 is 1.13 bits per heavy atom. The second-order valence-electron chi connectivity index (χ2n) is 7.67. The predicted octanol–water partition coefficient (Wildman–Crippen LogP) is 4.34. The number of nitrogens with one attached hydrogen (secondary N) is 3. The highest BCUT2D eigenvalue weighted by Crippen LogP contribution is 2.27. The molecule has 1 aliphatic heterocycles. The molecule has 8 heteroatoms. The van der Waals surface area contributed by atoms with Crippen molar-refractivity contribution in [3.05, 3.63) is 75.2 Å². The van der Waals surface area contributed by atoms with Gasteiger partial charge in [0.2, 0.25) is 0 Å². The van der Waals surface area contributed by atoms with E-state index in [0.717, 1.165) is 65.4 Å². The van der Waals surface area contributed by atoms with Gasteiger partial charge in [0.1, 0.15) is 18.1 Å². The van der Waals surface area contributed by atoms with Crippen LogP contribution in [-0.4, -0.2) is 36.2 Å². The van der Waals surface area contributed by atoms with Gasteiger partial charge in [-0.15, -0.1) is 0 Å². The molecule has 3 N–H and O–H groups in total. The van der Waals surface area contributed by atoms with E-state index in [-0.39, 0.29) is 0 Å². The van der Waals surface area contributed by atoms with E-state index in [0.29, 0.717) is 24.2 Å². The third-order valence-corrected chi connectivity index (χ3v) is 6.15. The van der Waals surface area contributed by atoms with Gasteiger partial charge >= 0.3 is 0 Å². The highest BCUT2D eigenvalue weighted by atomic mass is 79.9. The molecule has 1 aromatic heterocycles. The van der Waals surface area contributed by atoms with Crippen molar-refractivity contribution in [1.29, 1.82) is 0 Å². The third kappa shape index (κ3) is 6.71. The lowest BCUT2D eigenvalue weighted by Crippen LogP contribution is -2.47. The van der Waals surface area contributed by atoms with E-state index in [1.165, 1.54) is 0 Å². The summed E-state index contributed by atoms with van der Waals surface area (Å²) in [6.07, 6.45) is 4.27. The van der Waals surface area contributed by atoms with Crippen LogP contribution in [0.25, 0.3) is 0 Å². The van der Waals surface area contributed by atoms with Crippen molar-refractivity contribution in [1.82, 2.24) is 20.6 Å². The van der Waals surface area contributed by atoms with Gasteiger partial charge in [0, 0.05) is 65.6 Å². The Balaban J connectivity index is 1.40. The molecule has 1 aliphatic rings. The van der Waals surface area contributed by atoms with Crippen molar-refractivity contribution in [3.8, 4) is 11.5 Å². The molecule has 1 fully saturated rings. The van der Waals surface area contributed by atoms with Crippen molar-refractivity contribution in [2.75, 3.05) is 26.2 Å². The van der Waals surface area contributed by atoms with E-state index in [1.807, 2.05) is 30.5 Å². The largest absolute Gasteiger partial charge is 0.493 e. The van der Waals surface area contributed by atoms with Crippen molar-refractivity contribution >= 4 is 27.5 Å². The number of nitrogens with zero attached hydrogens (tertiary/aromatic N) is 1. The molecule has 0 amide bonds. The summed E-state index contributed by atoms with van der Waals surface area (Å²) in [5.41, 5.74) is 3.22. The molecular formula is C23H26BrClN4O2. The maximum atomic E-state index is 6.10. The number of ether oxygens (including phenoxy) is 2. The van der Waals surface area contributed by atoms with E-state index in [4.69, 9.17) is 21.1 Å². The Labute approximate surface area is 195 Å². The lowest BCUT2D eigenvalue weighted by Gasteiger charge is -2.27. The highest BCUT2D eigenvalue weighted by Gasteiger charge is 2.15. The zero-order chi connectivity index (χ0) is 21.5. The molecule has 0 spiro atoms. The summed E-state index contributed by atoms with van der Waals surface area (Å²) in [5.74, 6) is 2.30. The van der Waals surface area contributed by atoms with Crippen LogP contribution in [0.2, 0.25) is 5.02 Å². The molecule has 3 aromatic rings. The summed E-state index contributed by atoms with van der Waals surface area (Å²) < 4.78 is 13.1. The molecular weight excluding hydrogens is 480 g/mol. The average molecular weight is 506 g/mol. The summed E-state index contributed by atoms with van der Waals surface area (Å²) in [6, 6.07) is 11.8. The fourth-order valence-corrected chi connectivity index (χ4v) is 4.11. The molecule has 0 bridgehead atoms. The van der Waals surface area contributed by atoms with Crippen LogP contribution < -0.4 is 20.1 Å². The Morgan fingerprint density at radius 3 is 2.68 bits per heavy atom. The van der Waals surface area contributed by atoms with Gasteiger partial charge in [-0.1, -0.05) is 33.6 Å². The average Bonchev–Trinajstić information content (AvgIpc) is 3.23. The SMILES string of the molecule is Clc1ccc(COc2cc(CNCC3CNC3)cc(OCCc3cnc[nH]3)c2)c(Br)c1. The summed E-state index contributed by atoms with van der Waals surface area (Å²) in [6.45, 7) is 4.97. The summed E-state index contributed by atoms with van der Waals surface area (Å²) in [7, 11) is 0. The number of rotatable bonds is 11. The van der Waals surface area contributed by atoms with E-state index in [1.54, 1.807) is 6.33 Å². The molecule has 31 heavy (non-hydrogen) atoms. The first-order valence-electron chi connectivity index (χ1n) is 10.4. The number of imidazole rings is 1. The number of hydrogen-bond donors (Lipinski definition) is 3. The number of hydrogen-bond acceptors (Lipinski definition) is 5. The standard InChI is InChI=1S/C23H26BrClN4O2/c24-23-7-19(25)2-1-18(23)14-31-22-6-16(9-26-10-17-11-27-12-17)5-21(8-22)30-4-3-20-13-28-15-29-20/h1-2,5-8,13,15,17,26-27H,3-4,9-12,14H2,(H,28,29). The number of aromatic nitrogens is 2. The van der Waals surface area contributed by atoms with Crippen molar-refractivity contribution in [3.63, 3.8) is 0 Å². The Bertz CT molecular complexity index is 980. The minimum atomic E-state index is 0.440. The third-order valence-electron chi connectivity index (χ3n) is 5.17. The molecule has 164 valence electrons. The van der Waals surface area contributed by atoms with Crippen molar-refractivity contribution in [2.24, 2.45) is 5.92 Å². The fourth-order valence-electron chi connectivity index (χ4n) is 3.31. The maximum Gasteiger partial charge on any atom is 0.123 e. The van der Waals surface area contributed by atoms with Crippen LogP contribution in [0.5, 0.6) is 11.5 Å². The minimum Gasteiger partial charge on any atom is -0.493 e. The topological polar surface area (TPSA) is 71.2 Å². The molecule has 0 radical (unpaired) electrons. The Kier molecular flexibility index (Phi) is 7.86. The van der Waals surface area contributed by atoms with Gasteiger partial charge in [-0.25, -0.2) is 4.98 Å². The molecule has 0 aliphatic carbocycles. The maximum absolute atomic E-state index is 6.10. The molecule has 6 nitrogen and oxygen atoms in total. The normalized spacial score (nSPS) is 13.7. The molecule has 0 saturated carbocycles. The zero-order valence-electron chi connectivity index (χ0n) is 17.2. The Hall–Kier alpha value is -2.06. The summed E-state index contributed by atoms with van der Waals surface area (Å²) in [5, 5.41) is 7.54. The monoisotopic (exact) mass is 504 g/mol. The van der Waals surface area contributed by atoms with Crippen LogP contribution in [0.4, 0.5) is 0 Å². The Morgan fingerprint density at radius 2 is 1.97 bits per heavy atom. The van der Waals surface area contributed by atoms with Gasteiger partial charge in [-0.3, -0.25) is 0 Å². The van der Waals surface area contributed by atoms with Gasteiger partial charge in [0.25, 0.3) is 0 Å². The zero-order valence-corrected chi connectivity index (χ0v) is 19.5. The summed E-state index contributed by atoms with van der Waals surface area (Å²) >= 11 is 9.59. The number of halogens is 2. The molecule has 0 atom stereocenters. The first kappa shape index (κ1) is 22.1. The number of benzene rings is 2. The van der Waals surface area contributed by atoms with Gasteiger partial charge in [0.05, 0.1) is 12.9 Å². The number of H-pyrrole nitrogens is 1. The van der Waals surface area contributed by atoms with Crippen molar-refractivity contribution < 1.29 is 9.47 Å². The summed E-state index contributed by atoms with van der Waals surface area (Å²) in [4.78, 5) is 7.14. The van der Waals surface area contributed by atoms with Crippen LogP contribution >= 0.6 is 27.5 Å². The van der Waals surface area contributed by atoms with Crippen LogP contribution in [0.15, 0.2) is 53.4 Å². The quantitative estimate of drug-likeness (QED) is 0.362. The van der Waals surface area contributed by atoms with E-state index in [9.17, 15) is 0 Å². The van der Waals surface area contributed by atoms with E-state index >= 15 is 0 Å². The predicted molar refractivity (Wildman–Crippen MR) is 126 cm³/mol. The van der Waals surface area contributed by atoms with Crippen molar-refractivity contribution in [2.45, 2.75) is 19.6 Å². The van der Waals surface area contributed by atoms with Gasteiger partial charge < -0.3 is 25.1 Å². The van der Waals surface area contributed by atoms with Crippen LogP contribution in [-0.2, 0) is 19.6 Å². The molecule has 2 aromatic carbocycles.